The van der Waals surface area contributed by atoms with Crippen LogP contribution in [0.3, 0.4) is 0 Å². The highest BCUT2D eigenvalue weighted by Crippen LogP contribution is 2.25. The number of nitrogens with one attached hydrogen (secondary N) is 2. The van der Waals surface area contributed by atoms with E-state index in [4.69, 9.17) is 16.1 Å². The zero-order valence-corrected chi connectivity index (χ0v) is 20.1. The Morgan fingerprint density at radius 1 is 1.26 bits per heavy atom. The van der Waals surface area contributed by atoms with Gasteiger partial charge < -0.3 is 20.1 Å². The average molecular weight is 555 g/mol. The monoisotopic (exact) mass is 554 g/mol. The Hall–Kier alpha value is -2.47. The molecule has 0 aliphatic carbocycles. The van der Waals surface area contributed by atoms with Gasteiger partial charge in [0.2, 0.25) is 0 Å². The van der Waals surface area contributed by atoms with Gasteiger partial charge in [0, 0.05) is 51.5 Å². The van der Waals surface area contributed by atoms with Gasteiger partial charge in [-0.15, -0.1) is 24.0 Å². The maximum Gasteiger partial charge on any atom is 0.276 e. The van der Waals surface area contributed by atoms with Crippen LogP contribution in [0.5, 0.6) is 0 Å². The van der Waals surface area contributed by atoms with E-state index < -0.39 is 0 Å². The number of pyridine rings is 2. The van der Waals surface area contributed by atoms with E-state index in [1.165, 1.54) is 0 Å². The lowest BCUT2D eigenvalue weighted by molar-refractivity contribution is 0.421. The summed E-state index contributed by atoms with van der Waals surface area (Å²) in [5, 5.41) is 11.4. The van der Waals surface area contributed by atoms with Crippen LogP contribution in [0.15, 0.2) is 52.2 Å². The number of nitrogens with zero attached hydrogens (tertiary/aromatic N) is 6. The third-order valence-corrected chi connectivity index (χ3v) is 5.08. The van der Waals surface area contributed by atoms with Crippen LogP contribution in [0, 0.1) is 0 Å². The molecule has 0 saturated carbocycles. The van der Waals surface area contributed by atoms with Gasteiger partial charge in [-0.25, -0.2) is 4.98 Å². The molecule has 2 N–H and O–H groups in total. The maximum atomic E-state index is 6.27. The second-order valence-electron chi connectivity index (χ2n) is 6.86. The summed E-state index contributed by atoms with van der Waals surface area (Å²) in [7, 11) is 1.76. The Labute approximate surface area is 202 Å². The first-order valence-electron chi connectivity index (χ1n) is 9.79. The Morgan fingerprint density at radius 2 is 2.13 bits per heavy atom. The van der Waals surface area contributed by atoms with Crippen molar-refractivity contribution in [1.82, 2.24) is 30.7 Å². The summed E-state index contributed by atoms with van der Waals surface area (Å²) >= 11 is 6.27. The van der Waals surface area contributed by atoms with Crippen LogP contribution in [0.1, 0.15) is 12.2 Å². The number of aromatic nitrogens is 4. The fourth-order valence-electron chi connectivity index (χ4n) is 3.31. The molecule has 1 aliphatic rings. The third kappa shape index (κ3) is 6.03. The first kappa shape index (κ1) is 23.2. The fourth-order valence-corrected chi connectivity index (χ4v) is 3.55. The van der Waals surface area contributed by atoms with E-state index >= 15 is 0 Å². The van der Waals surface area contributed by atoms with Crippen molar-refractivity contribution in [2.75, 3.05) is 31.6 Å². The van der Waals surface area contributed by atoms with E-state index in [-0.39, 0.29) is 30.0 Å². The molecule has 31 heavy (non-hydrogen) atoms. The van der Waals surface area contributed by atoms with Gasteiger partial charge in [-0.05, 0) is 30.7 Å². The molecule has 1 atom stereocenters. The number of hydrogen-bond acceptors (Lipinski definition) is 7. The number of guanidine groups is 1. The molecule has 1 unspecified atom stereocenters. The molecule has 3 aromatic rings. The van der Waals surface area contributed by atoms with E-state index in [1.54, 1.807) is 19.4 Å². The topological polar surface area (TPSA) is 104 Å². The number of rotatable bonds is 6. The molecule has 0 aromatic carbocycles. The second-order valence-corrected chi connectivity index (χ2v) is 7.27. The van der Waals surface area contributed by atoms with Crippen molar-refractivity contribution in [3.8, 4) is 11.6 Å². The minimum absolute atomic E-state index is 0. The van der Waals surface area contributed by atoms with Crippen LogP contribution in [-0.4, -0.2) is 58.8 Å². The molecule has 1 saturated heterocycles. The van der Waals surface area contributed by atoms with Crippen LogP contribution in [-0.2, 0) is 6.42 Å². The summed E-state index contributed by atoms with van der Waals surface area (Å²) in [5.74, 6) is 2.61. The highest BCUT2D eigenvalue weighted by Gasteiger charge is 2.25. The lowest BCUT2D eigenvalue weighted by Gasteiger charge is -2.20. The van der Waals surface area contributed by atoms with Crippen LogP contribution in [0.2, 0.25) is 5.02 Å². The van der Waals surface area contributed by atoms with Crippen LogP contribution in [0.4, 0.5) is 5.82 Å². The van der Waals surface area contributed by atoms with Crippen LogP contribution < -0.4 is 15.5 Å². The Morgan fingerprint density at radius 3 is 2.90 bits per heavy atom. The van der Waals surface area contributed by atoms with Crippen LogP contribution >= 0.6 is 35.6 Å². The molecular formula is C20H24ClIN8O. The predicted octanol–water partition coefficient (Wildman–Crippen LogP) is 2.78. The fraction of sp³-hybridized carbons (Fsp3) is 0.350. The zero-order valence-electron chi connectivity index (χ0n) is 17.0. The molecule has 4 heterocycles. The van der Waals surface area contributed by atoms with E-state index in [0.717, 1.165) is 31.3 Å². The summed E-state index contributed by atoms with van der Waals surface area (Å²) in [4.78, 5) is 19.5. The quantitative estimate of drug-likeness (QED) is 0.272. The van der Waals surface area contributed by atoms with Crippen molar-refractivity contribution in [3.05, 3.63) is 53.6 Å². The SMILES string of the molecule is CN=C(NCCc1noc(-c2ccccn2)n1)NC1CCN(c2ncccc2Cl)C1.I. The van der Waals surface area contributed by atoms with Gasteiger partial charge in [0.1, 0.15) is 11.5 Å². The molecule has 11 heteroatoms. The summed E-state index contributed by atoms with van der Waals surface area (Å²) < 4.78 is 5.29. The van der Waals surface area contributed by atoms with E-state index in [0.29, 0.717) is 35.4 Å². The lowest BCUT2D eigenvalue weighted by atomic mass is 10.3. The second kappa shape index (κ2) is 11.2. The molecule has 4 rings (SSSR count). The molecular weight excluding hydrogens is 531 g/mol. The van der Waals surface area contributed by atoms with Gasteiger partial charge in [-0.2, -0.15) is 4.98 Å². The normalized spacial score (nSPS) is 16.1. The number of aliphatic imine (C=N–C) groups is 1. The van der Waals surface area contributed by atoms with Gasteiger partial charge in [0.25, 0.3) is 5.89 Å². The predicted molar refractivity (Wildman–Crippen MR) is 131 cm³/mol. The first-order valence-corrected chi connectivity index (χ1v) is 10.2. The maximum absolute atomic E-state index is 6.27. The first-order chi connectivity index (χ1) is 14.7. The van der Waals surface area contributed by atoms with Crippen molar-refractivity contribution in [2.24, 2.45) is 4.99 Å². The molecule has 1 aliphatic heterocycles. The van der Waals surface area contributed by atoms with Crippen molar-refractivity contribution in [2.45, 2.75) is 18.9 Å². The minimum atomic E-state index is 0. The van der Waals surface area contributed by atoms with Crippen molar-refractivity contribution < 1.29 is 4.52 Å². The molecule has 164 valence electrons. The molecule has 0 bridgehead atoms. The Kier molecular flexibility index (Phi) is 8.41. The largest absolute Gasteiger partial charge is 0.356 e. The Balaban J connectivity index is 0.00000272. The molecule has 0 amide bonds. The van der Waals surface area contributed by atoms with Crippen LogP contribution in [0.25, 0.3) is 11.6 Å². The van der Waals surface area contributed by atoms with Gasteiger partial charge in [-0.1, -0.05) is 22.8 Å². The van der Waals surface area contributed by atoms with E-state index in [2.05, 4.69) is 40.6 Å². The average Bonchev–Trinajstić information content (AvgIpc) is 3.44. The molecule has 0 radical (unpaired) electrons. The van der Waals surface area contributed by atoms with Crippen molar-refractivity contribution >= 4 is 47.4 Å². The third-order valence-electron chi connectivity index (χ3n) is 4.78. The minimum Gasteiger partial charge on any atom is -0.356 e. The molecule has 1 fully saturated rings. The number of hydrogen-bond donors (Lipinski definition) is 2. The van der Waals surface area contributed by atoms with Crippen molar-refractivity contribution in [3.63, 3.8) is 0 Å². The summed E-state index contributed by atoms with van der Waals surface area (Å²) in [5.41, 5.74) is 0.667. The number of anilines is 1. The van der Waals surface area contributed by atoms with Gasteiger partial charge in [0.15, 0.2) is 11.8 Å². The molecule has 3 aromatic heterocycles. The summed E-state index contributed by atoms with van der Waals surface area (Å²) in [6.45, 7) is 2.34. The van der Waals surface area contributed by atoms with E-state index in [1.807, 2.05) is 30.3 Å². The summed E-state index contributed by atoms with van der Waals surface area (Å²) in [6.07, 6.45) is 5.05. The smallest absolute Gasteiger partial charge is 0.276 e. The van der Waals surface area contributed by atoms with Gasteiger partial charge >= 0.3 is 0 Å². The molecule has 0 spiro atoms. The zero-order chi connectivity index (χ0) is 20.8. The van der Waals surface area contributed by atoms with Gasteiger partial charge in [-0.3, -0.25) is 9.98 Å². The van der Waals surface area contributed by atoms with Crippen molar-refractivity contribution in [1.29, 1.82) is 0 Å². The highest BCUT2D eigenvalue weighted by atomic mass is 127. The molecule has 9 nitrogen and oxygen atoms in total. The van der Waals surface area contributed by atoms with E-state index in [9.17, 15) is 0 Å². The number of halogens is 2. The van der Waals surface area contributed by atoms with Gasteiger partial charge in [0.05, 0.1) is 5.02 Å². The summed E-state index contributed by atoms with van der Waals surface area (Å²) in [6, 6.07) is 9.53. The lowest BCUT2D eigenvalue weighted by Crippen LogP contribution is -2.45. The Bertz CT molecular complexity index is 1000. The highest BCUT2D eigenvalue weighted by molar-refractivity contribution is 14.0. The standard InChI is InChI=1S/C20H23ClN8O.HI/c1-22-20(26-14-8-12-29(13-14)18-15(21)5-4-10-24-18)25-11-7-17-27-19(30-28-17)16-6-2-3-9-23-16;/h2-6,9-10,14H,7-8,11-13H2,1H3,(H2,22,25,26);1H.